The Bertz CT molecular complexity index is 909. The summed E-state index contributed by atoms with van der Waals surface area (Å²) in [5, 5.41) is 10.0. The van der Waals surface area contributed by atoms with E-state index in [1.165, 1.54) is 0 Å². The molecule has 2 aromatic carbocycles. The Morgan fingerprint density at radius 3 is 2.67 bits per heavy atom. The maximum absolute atomic E-state index is 12.0. The molecule has 0 bridgehead atoms. The number of nitrogens with zero attached hydrogens (tertiary/aromatic N) is 1. The molecule has 6 heteroatoms. The fourth-order valence-corrected chi connectivity index (χ4v) is 2.29. The van der Waals surface area contributed by atoms with Crippen LogP contribution in [-0.2, 0) is 4.74 Å². The van der Waals surface area contributed by atoms with Gasteiger partial charge in [0.1, 0.15) is 24.5 Å². The van der Waals surface area contributed by atoms with Crippen molar-refractivity contribution in [3.8, 4) is 11.8 Å². The summed E-state index contributed by atoms with van der Waals surface area (Å²) in [5.74, 6) is 0.153. The fraction of sp³-hybridized carbons (Fsp3) is 0.111. The number of carbonyl (C=O) groups is 1. The number of furan rings is 1. The maximum atomic E-state index is 12.0. The van der Waals surface area contributed by atoms with E-state index in [1.807, 2.05) is 6.07 Å². The van der Waals surface area contributed by atoms with Gasteiger partial charge in [-0.3, -0.25) is 0 Å². The number of benzene rings is 2. The average Bonchev–Trinajstić information content (AvgIpc) is 3.02. The lowest BCUT2D eigenvalue weighted by atomic mass is 10.2. The largest absolute Gasteiger partial charge is 0.490 e. The molecule has 0 saturated carbocycles. The quantitative estimate of drug-likeness (QED) is 0.514. The van der Waals surface area contributed by atoms with Gasteiger partial charge < -0.3 is 13.9 Å². The Morgan fingerprint density at radius 1 is 1.12 bits per heavy atom. The third-order valence-electron chi connectivity index (χ3n) is 3.25. The molecule has 0 fully saturated rings. The number of halogens is 1. The second kappa shape index (κ2) is 7.07. The summed E-state index contributed by atoms with van der Waals surface area (Å²) in [5.41, 5.74) is 1.12. The number of ether oxygens (including phenoxy) is 2. The second-order valence-corrected chi connectivity index (χ2v) is 5.35. The smallest absolute Gasteiger partial charge is 0.374 e. The van der Waals surface area contributed by atoms with Crippen LogP contribution in [0.1, 0.15) is 16.1 Å². The fourth-order valence-electron chi connectivity index (χ4n) is 2.11. The van der Waals surface area contributed by atoms with Crippen LogP contribution >= 0.6 is 11.6 Å². The van der Waals surface area contributed by atoms with Crippen molar-refractivity contribution >= 4 is 28.5 Å². The van der Waals surface area contributed by atoms with Crippen LogP contribution in [0.25, 0.3) is 11.0 Å². The van der Waals surface area contributed by atoms with E-state index in [0.29, 0.717) is 21.9 Å². The van der Waals surface area contributed by atoms with Crippen LogP contribution in [0.15, 0.2) is 52.9 Å². The Hall–Kier alpha value is -2.97. The molecule has 3 rings (SSSR count). The highest BCUT2D eigenvalue weighted by Gasteiger charge is 2.14. The minimum absolute atomic E-state index is 0.0800. The third-order valence-corrected chi connectivity index (χ3v) is 3.48. The van der Waals surface area contributed by atoms with Gasteiger partial charge in [0.2, 0.25) is 5.76 Å². The predicted octanol–water partition coefficient (Wildman–Crippen LogP) is 4.19. The van der Waals surface area contributed by atoms with Gasteiger partial charge in [-0.2, -0.15) is 5.26 Å². The van der Waals surface area contributed by atoms with Gasteiger partial charge in [0.25, 0.3) is 0 Å². The van der Waals surface area contributed by atoms with Gasteiger partial charge in [-0.15, -0.1) is 0 Å². The van der Waals surface area contributed by atoms with Crippen LogP contribution in [0.5, 0.6) is 5.75 Å². The Balaban J connectivity index is 1.52. The summed E-state index contributed by atoms with van der Waals surface area (Å²) in [4.78, 5) is 12.0. The molecule has 0 saturated heterocycles. The first-order valence-corrected chi connectivity index (χ1v) is 7.53. The molecular weight excluding hydrogens is 330 g/mol. The topological polar surface area (TPSA) is 72.5 Å². The summed E-state index contributed by atoms with van der Waals surface area (Å²) < 4.78 is 16.0. The number of carbonyl (C=O) groups excluding carboxylic acids is 1. The molecule has 0 unspecified atom stereocenters. The lowest BCUT2D eigenvalue weighted by molar-refractivity contribution is 0.0417. The number of nitriles is 1. The molecule has 0 atom stereocenters. The highest BCUT2D eigenvalue weighted by molar-refractivity contribution is 6.31. The van der Waals surface area contributed by atoms with Crippen molar-refractivity contribution in [1.29, 1.82) is 5.26 Å². The van der Waals surface area contributed by atoms with E-state index in [4.69, 9.17) is 30.8 Å². The zero-order valence-electron chi connectivity index (χ0n) is 12.5. The SMILES string of the molecule is N#Cc1ccc(OCCOC(=O)c2cc3cc(Cl)ccc3o2)cc1. The molecule has 0 radical (unpaired) electrons. The molecule has 24 heavy (non-hydrogen) atoms. The van der Waals surface area contributed by atoms with Crippen LogP contribution in [0, 0.1) is 11.3 Å². The Labute approximate surface area is 143 Å². The van der Waals surface area contributed by atoms with E-state index in [9.17, 15) is 4.79 Å². The maximum Gasteiger partial charge on any atom is 0.374 e. The van der Waals surface area contributed by atoms with Crippen LogP contribution in [0.4, 0.5) is 0 Å². The van der Waals surface area contributed by atoms with Gasteiger partial charge >= 0.3 is 5.97 Å². The van der Waals surface area contributed by atoms with Crippen molar-refractivity contribution < 1.29 is 18.7 Å². The normalized spacial score (nSPS) is 10.3. The van der Waals surface area contributed by atoms with Gasteiger partial charge in [-0.1, -0.05) is 11.6 Å². The lowest BCUT2D eigenvalue weighted by Gasteiger charge is -2.06. The van der Waals surface area contributed by atoms with E-state index in [0.717, 1.165) is 5.39 Å². The van der Waals surface area contributed by atoms with Gasteiger partial charge in [0.05, 0.1) is 11.6 Å². The van der Waals surface area contributed by atoms with Crippen molar-refractivity contribution in [1.82, 2.24) is 0 Å². The van der Waals surface area contributed by atoms with Crippen molar-refractivity contribution in [2.75, 3.05) is 13.2 Å². The number of fused-ring (bicyclic) bond motifs is 1. The number of hydrogen-bond donors (Lipinski definition) is 0. The first-order chi connectivity index (χ1) is 11.7. The zero-order chi connectivity index (χ0) is 16.9. The minimum atomic E-state index is -0.564. The molecular formula is C18H12ClNO4. The summed E-state index contributed by atoms with van der Waals surface area (Å²) in [6.07, 6.45) is 0. The summed E-state index contributed by atoms with van der Waals surface area (Å²) in [6, 6.07) is 15.4. The Morgan fingerprint density at radius 2 is 1.92 bits per heavy atom. The number of rotatable bonds is 5. The molecule has 120 valence electrons. The first kappa shape index (κ1) is 15.9. The highest BCUT2D eigenvalue weighted by atomic mass is 35.5. The van der Waals surface area contributed by atoms with E-state index < -0.39 is 5.97 Å². The zero-order valence-corrected chi connectivity index (χ0v) is 13.2. The van der Waals surface area contributed by atoms with E-state index in [-0.39, 0.29) is 19.0 Å². The summed E-state index contributed by atoms with van der Waals surface area (Å²) in [7, 11) is 0. The standard InChI is InChI=1S/C18H12ClNO4/c19-14-3-6-16-13(9-14)10-17(24-16)18(21)23-8-7-22-15-4-1-12(11-20)2-5-15/h1-6,9-10H,7-8H2. The molecule has 0 aliphatic heterocycles. The van der Waals surface area contributed by atoms with Gasteiger partial charge in [-0.25, -0.2) is 4.79 Å². The molecule has 0 aliphatic rings. The van der Waals surface area contributed by atoms with Gasteiger partial charge in [0, 0.05) is 10.4 Å². The average molecular weight is 342 g/mol. The van der Waals surface area contributed by atoms with Crippen LogP contribution < -0.4 is 4.74 Å². The van der Waals surface area contributed by atoms with Gasteiger partial charge in [0.15, 0.2) is 0 Å². The highest BCUT2D eigenvalue weighted by Crippen LogP contribution is 2.23. The van der Waals surface area contributed by atoms with E-state index in [1.54, 1.807) is 48.5 Å². The van der Waals surface area contributed by atoms with E-state index in [2.05, 4.69) is 0 Å². The monoisotopic (exact) mass is 341 g/mol. The minimum Gasteiger partial charge on any atom is -0.490 e. The van der Waals surface area contributed by atoms with Crippen LogP contribution in [0.3, 0.4) is 0 Å². The summed E-state index contributed by atoms with van der Waals surface area (Å²) in [6.45, 7) is 0.278. The molecule has 0 spiro atoms. The molecule has 0 aliphatic carbocycles. The van der Waals surface area contributed by atoms with Crippen molar-refractivity contribution in [3.63, 3.8) is 0 Å². The number of esters is 1. The van der Waals surface area contributed by atoms with Crippen LogP contribution in [0.2, 0.25) is 5.02 Å². The molecule has 1 aromatic heterocycles. The summed E-state index contributed by atoms with van der Waals surface area (Å²) >= 11 is 5.89. The number of hydrogen-bond acceptors (Lipinski definition) is 5. The second-order valence-electron chi connectivity index (χ2n) is 4.91. The van der Waals surface area contributed by atoms with Crippen molar-refractivity contribution in [2.24, 2.45) is 0 Å². The molecule has 5 nitrogen and oxygen atoms in total. The molecule has 1 heterocycles. The lowest BCUT2D eigenvalue weighted by Crippen LogP contribution is -2.11. The van der Waals surface area contributed by atoms with Crippen molar-refractivity contribution in [3.05, 3.63) is 64.9 Å². The molecule has 3 aromatic rings. The van der Waals surface area contributed by atoms with Crippen LogP contribution in [-0.4, -0.2) is 19.2 Å². The molecule has 0 amide bonds. The first-order valence-electron chi connectivity index (χ1n) is 7.15. The van der Waals surface area contributed by atoms with Gasteiger partial charge in [-0.05, 0) is 48.5 Å². The van der Waals surface area contributed by atoms with Crippen molar-refractivity contribution in [2.45, 2.75) is 0 Å². The van der Waals surface area contributed by atoms with E-state index >= 15 is 0 Å². The Kier molecular flexibility index (Phi) is 4.69. The third kappa shape index (κ3) is 3.67. The molecule has 0 N–H and O–H groups in total. The predicted molar refractivity (Wildman–Crippen MR) is 88.2 cm³/mol.